The molecule has 1 heteroatoms. The molecule has 0 aromatic heterocycles. The molecule has 6 aromatic rings. The van der Waals surface area contributed by atoms with Gasteiger partial charge in [0.15, 0.2) is 0 Å². The zero-order chi connectivity index (χ0) is 27.8. The number of benzene rings is 6. The van der Waals surface area contributed by atoms with Crippen LogP contribution in [-0.4, -0.2) is 6.54 Å². The van der Waals surface area contributed by atoms with Gasteiger partial charge in [0.1, 0.15) is 0 Å². The van der Waals surface area contributed by atoms with Crippen LogP contribution in [0.5, 0.6) is 0 Å². The average molecular weight is 540 g/mol. The topological polar surface area (TPSA) is 21.9 Å². The minimum absolute atomic E-state index is 0.457. The van der Waals surface area contributed by atoms with Crippen molar-refractivity contribution in [2.24, 2.45) is 5.92 Å². The normalized spacial score (nSPS) is 18.9. The second kappa shape index (κ2) is 9.28. The Kier molecular flexibility index (Phi) is 5.34. The highest BCUT2D eigenvalue weighted by molar-refractivity contribution is 6.24. The molecule has 3 aliphatic rings. The number of hydrogen-bond acceptors (Lipinski definition) is 1. The van der Waals surface area contributed by atoms with E-state index in [9.17, 15) is 0 Å². The fraction of sp³-hybridized carbons (Fsp3) is 0.171. The van der Waals surface area contributed by atoms with E-state index in [-0.39, 0.29) is 0 Å². The third-order valence-electron chi connectivity index (χ3n) is 9.78. The highest BCUT2D eigenvalue weighted by atomic mass is 15.1. The number of allylic oxidation sites excluding steroid dienone is 2. The van der Waals surface area contributed by atoms with Crippen LogP contribution >= 0.6 is 0 Å². The van der Waals surface area contributed by atoms with Gasteiger partial charge in [-0.15, -0.1) is 0 Å². The van der Waals surface area contributed by atoms with E-state index < -0.39 is 0 Å². The van der Waals surface area contributed by atoms with Crippen LogP contribution in [0.4, 0.5) is 0 Å². The van der Waals surface area contributed by atoms with E-state index in [1.54, 1.807) is 0 Å². The van der Waals surface area contributed by atoms with Gasteiger partial charge < -0.3 is 5.32 Å². The number of nitrogens with one attached hydrogen (secondary N) is 1. The molecule has 202 valence electrons. The van der Waals surface area contributed by atoms with Crippen LogP contribution in [0.2, 0.25) is 0 Å². The number of fused-ring (bicyclic) bond motifs is 6. The largest absolute Gasteiger partial charge is 0.307 e. The van der Waals surface area contributed by atoms with Crippen LogP contribution in [0.15, 0.2) is 103 Å². The van der Waals surface area contributed by atoms with Crippen molar-refractivity contribution in [2.75, 3.05) is 6.54 Å². The second-order valence-corrected chi connectivity index (χ2v) is 12.5. The monoisotopic (exact) mass is 539 g/mol. The van der Waals surface area contributed by atoms with E-state index in [1.165, 1.54) is 82.4 Å². The fourth-order valence-corrected chi connectivity index (χ4v) is 7.67. The second-order valence-electron chi connectivity index (χ2n) is 12.5. The zero-order valence-corrected chi connectivity index (χ0v) is 24.0. The van der Waals surface area contributed by atoms with E-state index in [1.807, 2.05) is 0 Å². The molecule has 42 heavy (non-hydrogen) atoms. The number of hydrogen-bond donors (Lipinski definition) is 1. The maximum Gasteiger partial charge on any atom is 0.0447 e. The predicted octanol–water partition coefficient (Wildman–Crippen LogP) is 10.3. The Hall–Kier alpha value is -4.46. The lowest BCUT2D eigenvalue weighted by Crippen LogP contribution is -2.05. The Morgan fingerprint density at radius 2 is 1.40 bits per heavy atom. The molecule has 2 aliphatic carbocycles. The molecule has 1 nitrogen and oxygen atoms in total. The van der Waals surface area contributed by atoms with E-state index in [4.69, 9.17) is 0 Å². The summed E-state index contributed by atoms with van der Waals surface area (Å²) in [5.41, 5.74) is 12.6. The summed E-state index contributed by atoms with van der Waals surface area (Å²) in [6, 6.07) is 35.3. The summed E-state index contributed by atoms with van der Waals surface area (Å²) in [6.07, 6.45) is 12.6. The Bertz CT molecular complexity index is 2140. The summed E-state index contributed by atoms with van der Waals surface area (Å²) in [6.45, 7) is 3.40. The summed E-state index contributed by atoms with van der Waals surface area (Å²) in [7, 11) is 0. The van der Waals surface area contributed by atoms with Gasteiger partial charge in [-0.2, -0.15) is 0 Å². The predicted molar refractivity (Wildman–Crippen MR) is 180 cm³/mol. The van der Waals surface area contributed by atoms with E-state index >= 15 is 0 Å². The molecule has 1 heterocycles. The first-order chi connectivity index (χ1) is 20.7. The summed E-state index contributed by atoms with van der Waals surface area (Å²) in [4.78, 5) is 0. The minimum Gasteiger partial charge on any atom is -0.307 e. The van der Waals surface area contributed by atoms with Crippen molar-refractivity contribution in [2.45, 2.75) is 32.2 Å². The van der Waals surface area contributed by atoms with Gasteiger partial charge in [0.2, 0.25) is 0 Å². The SMILES string of the molecule is CC1C=Cc2cccc(-c3c4ccccc4c(-c4cc5c(c6ccccc46)C=CCC5)c4cc(C5CN5)ccc34)c2C1. The molecule has 0 saturated carbocycles. The molecule has 1 N–H and O–H groups in total. The van der Waals surface area contributed by atoms with Gasteiger partial charge in [-0.3, -0.25) is 0 Å². The lowest BCUT2D eigenvalue weighted by Gasteiger charge is -2.24. The third-order valence-corrected chi connectivity index (χ3v) is 9.78. The maximum absolute atomic E-state index is 3.56. The summed E-state index contributed by atoms with van der Waals surface area (Å²) in [5.74, 6) is 0.541. The first kappa shape index (κ1) is 24.2. The van der Waals surface area contributed by atoms with E-state index in [0.717, 1.165) is 25.8 Å². The van der Waals surface area contributed by atoms with Gasteiger partial charge in [0.05, 0.1) is 0 Å². The van der Waals surface area contributed by atoms with Crippen molar-refractivity contribution in [1.29, 1.82) is 0 Å². The van der Waals surface area contributed by atoms with Gasteiger partial charge in [0, 0.05) is 12.6 Å². The Morgan fingerprint density at radius 3 is 2.21 bits per heavy atom. The average Bonchev–Trinajstić information content (AvgIpc) is 3.89. The van der Waals surface area contributed by atoms with Crippen molar-refractivity contribution in [1.82, 2.24) is 5.32 Å². The molecule has 1 fully saturated rings. The van der Waals surface area contributed by atoms with Crippen molar-refractivity contribution < 1.29 is 0 Å². The van der Waals surface area contributed by atoms with Crippen LogP contribution in [0, 0.1) is 5.92 Å². The molecule has 6 aromatic carbocycles. The van der Waals surface area contributed by atoms with Gasteiger partial charge >= 0.3 is 0 Å². The first-order valence-electron chi connectivity index (χ1n) is 15.5. The molecule has 1 saturated heterocycles. The van der Waals surface area contributed by atoms with Crippen LogP contribution in [0.3, 0.4) is 0 Å². The van der Waals surface area contributed by atoms with E-state index in [0.29, 0.717) is 12.0 Å². The first-order valence-corrected chi connectivity index (χ1v) is 15.5. The molecular weight excluding hydrogens is 506 g/mol. The maximum atomic E-state index is 3.56. The molecular formula is C41H33N. The van der Waals surface area contributed by atoms with Crippen molar-refractivity contribution >= 4 is 44.5 Å². The third kappa shape index (κ3) is 3.67. The zero-order valence-electron chi connectivity index (χ0n) is 24.0. The van der Waals surface area contributed by atoms with Crippen molar-refractivity contribution in [3.05, 3.63) is 131 Å². The molecule has 0 amide bonds. The lowest BCUT2D eigenvalue weighted by molar-refractivity contribution is 0.718. The molecule has 2 unspecified atom stereocenters. The highest BCUT2D eigenvalue weighted by Gasteiger charge is 2.26. The Morgan fingerprint density at radius 1 is 0.667 bits per heavy atom. The standard InChI is InChI=1S/C41H33N/c1-25-17-18-26-10-8-16-34(36(26)21-25)40-32-14-6-7-15-33(32)41(38-23-28(39-24-42-39)19-20-35(38)40)37-22-27-9-2-3-11-29(27)30-12-4-5-13-31(30)37/h3-8,10-20,22-23,25,39,42H,2,9,21,24H2,1H3. The molecule has 0 spiro atoms. The van der Waals surface area contributed by atoms with Gasteiger partial charge in [0.25, 0.3) is 0 Å². The molecule has 0 radical (unpaired) electrons. The van der Waals surface area contributed by atoms with Gasteiger partial charge in [-0.25, -0.2) is 0 Å². The molecule has 2 atom stereocenters. The summed E-state index contributed by atoms with van der Waals surface area (Å²) < 4.78 is 0. The van der Waals surface area contributed by atoms with Crippen LogP contribution in [0.25, 0.3) is 66.7 Å². The quantitative estimate of drug-likeness (QED) is 0.175. The van der Waals surface area contributed by atoms with Crippen LogP contribution in [-0.2, 0) is 12.8 Å². The summed E-state index contributed by atoms with van der Waals surface area (Å²) >= 11 is 0. The number of rotatable bonds is 3. The van der Waals surface area contributed by atoms with Crippen LogP contribution < -0.4 is 5.32 Å². The Labute approximate surface area is 247 Å². The van der Waals surface area contributed by atoms with Gasteiger partial charge in [-0.1, -0.05) is 110 Å². The molecule has 1 aliphatic heterocycles. The van der Waals surface area contributed by atoms with Crippen molar-refractivity contribution in [3.63, 3.8) is 0 Å². The van der Waals surface area contributed by atoms with Crippen molar-refractivity contribution in [3.8, 4) is 22.3 Å². The minimum atomic E-state index is 0.457. The van der Waals surface area contributed by atoms with Crippen LogP contribution in [0.1, 0.15) is 47.2 Å². The lowest BCUT2D eigenvalue weighted by atomic mass is 9.79. The Balaban J connectivity index is 1.45. The fourth-order valence-electron chi connectivity index (χ4n) is 7.67. The van der Waals surface area contributed by atoms with E-state index in [2.05, 4.69) is 128 Å². The molecule has 0 bridgehead atoms. The highest BCUT2D eigenvalue weighted by Crippen LogP contribution is 2.48. The summed E-state index contributed by atoms with van der Waals surface area (Å²) in [5, 5.41) is 11.7. The number of aryl methyl sites for hydroxylation is 1. The smallest absolute Gasteiger partial charge is 0.0447 e. The molecule has 9 rings (SSSR count). The van der Waals surface area contributed by atoms with Gasteiger partial charge in [-0.05, 0) is 120 Å².